The van der Waals surface area contributed by atoms with Crippen LogP contribution >= 0.6 is 0 Å². The van der Waals surface area contributed by atoms with Crippen LogP contribution in [0, 0.1) is 10.8 Å². The van der Waals surface area contributed by atoms with Crippen molar-refractivity contribution in [3.05, 3.63) is 41.5 Å². The van der Waals surface area contributed by atoms with Crippen molar-refractivity contribution in [1.29, 1.82) is 10.8 Å². The van der Waals surface area contributed by atoms with E-state index in [-0.39, 0.29) is 34.2 Å². The van der Waals surface area contributed by atoms with Crippen molar-refractivity contribution in [2.45, 2.75) is 173 Å². The maximum absolute atomic E-state index is 12.1. The molecule has 2 amide bonds. The van der Waals surface area contributed by atoms with Crippen LogP contribution in [0.3, 0.4) is 0 Å². The molecule has 30 nitrogen and oxygen atoms in total. The van der Waals surface area contributed by atoms with Gasteiger partial charge < -0.3 is 112 Å². The molecule has 2 aliphatic carbocycles. The molecule has 5 aliphatic rings. The highest BCUT2D eigenvalue weighted by Gasteiger charge is 2.53. The summed E-state index contributed by atoms with van der Waals surface area (Å²) in [5.74, 6) is -0.771. The topological polar surface area (TPSA) is 525 Å². The van der Waals surface area contributed by atoms with E-state index in [1.54, 1.807) is 0 Å². The summed E-state index contributed by atoms with van der Waals surface area (Å²) >= 11 is 0. The van der Waals surface area contributed by atoms with Crippen molar-refractivity contribution in [3.8, 4) is 0 Å². The Labute approximate surface area is 418 Å². The normalized spacial score (nSPS) is 36.9. The van der Waals surface area contributed by atoms with Crippen LogP contribution in [0.2, 0.25) is 0 Å². The number of nitrogens with one attached hydrogen (secondary N) is 6. The molecule has 4 fully saturated rings. The number of ether oxygens (including phenoxy) is 5. The molecule has 23 N–H and O–H groups in total. The number of Topliss-reactive ketones (excluding diaryl/α,β-unsaturated/α-hetero) is 1. The predicted molar refractivity (Wildman–Crippen MR) is 247 cm³/mol. The highest BCUT2D eigenvalue weighted by atomic mass is 32.2. The first kappa shape index (κ1) is 61.4. The van der Waals surface area contributed by atoms with E-state index in [1.807, 2.05) is 10.0 Å². The molecule has 73 heavy (non-hydrogen) atoms. The minimum atomic E-state index is -3.93. The zero-order valence-electron chi connectivity index (χ0n) is 39.6. The average molecular weight is 1070 g/mol. The molecule has 0 bridgehead atoms. The second kappa shape index (κ2) is 27.6. The SMILES string of the molecule is CC(=O)c1ccc(S(=O)(=O)NC(=O)NC2CCCCC2)cc1.C[C@H]1O[C@H](O[C@H]2[C@H](O)[C@@H](O)[C@@H](O[C@H]3[C@H](O)[C@@H](O)[C@H](O)O[C@@H]3CO)O[C@@H]2CO)[C@H](O)[C@@H](O)[C@@H]1N[C@H]1C=C(CO)[C@@H](O)[C@H](O)[C@H]1O.N=C(N)NC(=N)N. The van der Waals surface area contributed by atoms with Crippen molar-refractivity contribution >= 4 is 33.8 Å². The van der Waals surface area contributed by atoms with Gasteiger partial charge in [-0.05, 0) is 44.4 Å². The summed E-state index contributed by atoms with van der Waals surface area (Å²) in [4.78, 5) is 23.0. The Morgan fingerprint density at radius 1 is 0.712 bits per heavy atom. The Balaban J connectivity index is 0.000000329. The Hall–Kier alpha value is -4.17. The standard InChI is InChI=1S/C25H43NO18.C15H20N2O4S.C2H7N5/c1-6-11(26-8-2-7(3-27)12(30)15(33)13(8)31)14(32)19(37)24(40-6)43-22-10(5-29)42-25(20(38)17(22)35)44-21-9(4-28)41-23(39)18(36)16(21)34;1-11(18)12-7-9-14(10-8-12)22(20,21)17-15(19)16-13-5-3-2-4-6-13;3-1(4)7-2(5)6/h2,6,8-39H,3-5H2,1H3;7-10,13H,2-6H2,1H3,(H2,16,17,19);(H7,3,4,5,6,7)/t6-,8+,9-,10-,11-,12-,13+,14+,15+,16-,17-,18-,19-,20-,21-,22-,23-,24-,25-;;/m1../s1. The molecule has 3 saturated heterocycles. The van der Waals surface area contributed by atoms with E-state index < -0.39 is 152 Å². The predicted octanol–water partition coefficient (Wildman–Crippen LogP) is -7.99. The van der Waals surface area contributed by atoms with Gasteiger partial charge in [0.25, 0.3) is 10.0 Å². The van der Waals surface area contributed by atoms with E-state index in [2.05, 4.69) is 10.6 Å². The summed E-state index contributed by atoms with van der Waals surface area (Å²) in [7, 11) is -3.93. The molecule has 0 aromatic heterocycles. The molecular formula is C42H70N8O22S. The molecule has 31 heteroatoms. The van der Waals surface area contributed by atoms with Crippen LogP contribution in [0.15, 0.2) is 40.8 Å². The van der Waals surface area contributed by atoms with Crippen LogP contribution < -0.4 is 32.1 Å². The molecule has 1 aromatic carbocycles. The highest BCUT2D eigenvalue weighted by molar-refractivity contribution is 7.90. The minimum Gasteiger partial charge on any atom is -0.394 e. The molecule has 6 rings (SSSR count). The van der Waals surface area contributed by atoms with Gasteiger partial charge in [0.15, 0.2) is 36.6 Å². The Morgan fingerprint density at radius 3 is 1.74 bits per heavy atom. The van der Waals surface area contributed by atoms with E-state index in [1.165, 1.54) is 44.2 Å². The maximum atomic E-state index is 12.1. The first-order valence-electron chi connectivity index (χ1n) is 23.0. The van der Waals surface area contributed by atoms with Crippen molar-refractivity contribution in [1.82, 2.24) is 20.7 Å². The summed E-state index contributed by atoms with van der Waals surface area (Å²) < 4.78 is 53.6. The lowest BCUT2D eigenvalue weighted by Crippen LogP contribution is -2.68. The third kappa shape index (κ3) is 16.2. The number of ketones is 1. The van der Waals surface area contributed by atoms with E-state index >= 15 is 0 Å². The molecule has 19 atom stereocenters. The van der Waals surface area contributed by atoms with E-state index in [4.69, 9.17) is 46.0 Å². The second-order valence-corrected chi connectivity index (χ2v) is 19.5. The number of urea groups is 1. The van der Waals surface area contributed by atoms with E-state index in [0.717, 1.165) is 32.1 Å². The third-order valence-electron chi connectivity index (χ3n) is 12.5. The number of hydrogen-bond acceptors (Lipinski definition) is 25. The number of rotatable bonds is 13. The van der Waals surface area contributed by atoms with Crippen LogP contribution in [0.5, 0.6) is 0 Å². The van der Waals surface area contributed by atoms with Crippen LogP contribution in [-0.2, 0) is 33.7 Å². The van der Waals surface area contributed by atoms with Crippen LogP contribution in [0.1, 0.15) is 56.3 Å². The number of hydrogen-bond donors (Lipinski definition) is 21. The Kier molecular flexibility index (Phi) is 23.2. The first-order valence-corrected chi connectivity index (χ1v) is 24.5. The van der Waals surface area contributed by atoms with Gasteiger partial charge in [-0.3, -0.25) is 20.9 Å². The molecule has 1 saturated carbocycles. The van der Waals surface area contributed by atoms with E-state index in [9.17, 15) is 84.4 Å². The van der Waals surface area contributed by atoms with Gasteiger partial charge in [-0.2, -0.15) is 0 Å². The van der Waals surface area contributed by atoms with Gasteiger partial charge in [-0.1, -0.05) is 37.5 Å². The Morgan fingerprint density at radius 2 is 1.23 bits per heavy atom. The fourth-order valence-corrected chi connectivity index (χ4v) is 9.39. The second-order valence-electron chi connectivity index (χ2n) is 17.8. The van der Waals surface area contributed by atoms with Crippen LogP contribution in [0.4, 0.5) is 4.79 Å². The van der Waals surface area contributed by atoms with Crippen molar-refractivity contribution in [2.75, 3.05) is 19.8 Å². The first-order chi connectivity index (χ1) is 34.3. The van der Waals surface area contributed by atoms with Crippen molar-refractivity contribution in [3.63, 3.8) is 0 Å². The fraction of sp³-hybridized carbons (Fsp3) is 0.714. The highest BCUT2D eigenvalue weighted by Crippen LogP contribution is 2.33. The maximum Gasteiger partial charge on any atom is 0.328 e. The van der Waals surface area contributed by atoms with Gasteiger partial charge in [-0.15, -0.1) is 0 Å². The number of carbonyl (C=O) groups excluding carboxylic acids is 2. The van der Waals surface area contributed by atoms with Gasteiger partial charge in [0.05, 0.1) is 42.9 Å². The number of aliphatic hydroxyl groups excluding tert-OH is 13. The van der Waals surface area contributed by atoms with Gasteiger partial charge in [0.2, 0.25) is 0 Å². The molecular weight excluding hydrogens is 1000 g/mol. The van der Waals surface area contributed by atoms with Gasteiger partial charge in [-0.25, -0.2) is 17.9 Å². The van der Waals surface area contributed by atoms with E-state index in [0.29, 0.717) is 5.56 Å². The summed E-state index contributed by atoms with van der Waals surface area (Å²) in [5.41, 5.74) is 9.93. The number of sulfonamides is 1. The summed E-state index contributed by atoms with van der Waals surface area (Å²) in [5, 5.41) is 153. The number of amides is 2. The largest absolute Gasteiger partial charge is 0.394 e. The van der Waals surface area contributed by atoms with Crippen molar-refractivity contribution < 1.29 is 108 Å². The van der Waals surface area contributed by atoms with Gasteiger partial charge in [0.1, 0.15) is 79.4 Å². The quantitative estimate of drug-likeness (QED) is 0.0377. The molecule has 0 spiro atoms. The number of nitrogens with two attached hydrogens (primary N) is 2. The summed E-state index contributed by atoms with van der Waals surface area (Å²) in [6, 6.07) is 2.64. The zero-order valence-corrected chi connectivity index (χ0v) is 40.5. The van der Waals surface area contributed by atoms with Crippen LogP contribution in [-0.4, -0.2) is 241 Å². The lowest BCUT2D eigenvalue weighted by atomic mass is 9.86. The summed E-state index contributed by atoms with van der Waals surface area (Å²) in [6.07, 6.45) is -21.6. The van der Waals surface area contributed by atoms with Crippen molar-refractivity contribution in [2.24, 2.45) is 11.5 Å². The monoisotopic (exact) mass is 1070 g/mol. The smallest absolute Gasteiger partial charge is 0.328 e. The lowest BCUT2D eigenvalue weighted by Gasteiger charge is -2.48. The third-order valence-corrected chi connectivity index (χ3v) is 13.8. The minimum absolute atomic E-state index is 0.0225. The fourth-order valence-electron chi connectivity index (χ4n) is 8.47. The zero-order chi connectivity index (χ0) is 54.6. The van der Waals surface area contributed by atoms with Gasteiger partial charge in [0, 0.05) is 11.6 Å². The number of guanidine groups is 2. The average Bonchev–Trinajstić information content (AvgIpc) is 3.34. The molecule has 0 unspecified atom stereocenters. The number of aliphatic hydroxyl groups is 13. The Bertz CT molecular complexity index is 2100. The number of benzene rings is 1. The molecule has 3 heterocycles. The molecule has 416 valence electrons. The lowest BCUT2D eigenvalue weighted by molar-refractivity contribution is -0.373. The summed E-state index contributed by atoms with van der Waals surface area (Å²) in [6.45, 7) is 0.649. The molecule has 0 radical (unpaired) electrons. The molecule has 1 aromatic rings. The van der Waals surface area contributed by atoms with Gasteiger partial charge >= 0.3 is 6.03 Å². The van der Waals surface area contributed by atoms with Crippen LogP contribution in [0.25, 0.3) is 0 Å². The number of carbonyl (C=O) groups is 2. The molecule has 3 aliphatic heterocycles.